The minimum atomic E-state index is 0.199. The minimum Gasteiger partial charge on any atom is -0.379 e. The highest BCUT2D eigenvalue weighted by atomic mass is 16.5. The van der Waals surface area contributed by atoms with Crippen LogP contribution < -0.4 is 11.1 Å². The molecule has 0 radical (unpaired) electrons. The second kappa shape index (κ2) is 7.96. The second-order valence-electron chi connectivity index (χ2n) is 6.28. The molecule has 116 valence electrons. The van der Waals surface area contributed by atoms with Crippen LogP contribution in [0.5, 0.6) is 0 Å². The molecule has 5 heteroatoms. The minimum absolute atomic E-state index is 0.199. The molecule has 0 aromatic rings. The number of hydrogen-bond donors (Lipinski definition) is 2. The zero-order valence-corrected chi connectivity index (χ0v) is 12.6. The summed E-state index contributed by atoms with van der Waals surface area (Å²) in [5.74, 6) is 1.07. The molecule has 2 fully saturated rings. The van der Waals surface area contributed by atoms with Gasteiger partial charge >= 0.3 is 0 Å². The van der Waals surface area contributed by atoms with Crippen molar-refractivity contribution in [1.29, 1.82) is 0 Å². The Hall–Kier alpha value is -0.650. The van der Waals surface area contributed by atoms with Crippen LogP contribution in [-0.2, 0) is 9.53 Å². The van der Waals surface area contributed by atoms with E-state index in [1.165, 1.54) is 0 Å². The lowest BCUT2D eigenvalue weighted by Gasteiger charge is -2.31. The van der Waals surface area contributed by atoms with Gasteiger partial charge in [-0.1, -0.05) is 0 Å². The van der Waals surface area contributed by atoms with Crippen LogP contribution in [0.2, 0.25) is 0 Å². The maximum Gasteiger partial charge on any atom is 0.223 e. The van der Waals surface area contributed by atoms with Crippen LogP contribution in [0.25, 0.3) is 0 Å². The van der Waals surface area contributed by atoms with Gasteiger partial charge in [0, 0.05) is 31.6 Å². The first-order valence-electron chi connectivity index (χ1n) is 7.99. The maximum atomic E-state index is 12.3. The topological polar surface area (TPSA) is 67.6 Å². The predicted molar refractivity (Wildman–Crippen MR) is 79.4 cm³/mol. The van der Waals surface area contributed by atoms with Gasteiger partial charge in [0.1, 0.15) is 0 Å². The molecule has 1 aliphatic carbocycles. The molecular formula is C15H29N3O2. The van der Waals surface area contributed by atoms with E-state index in [2.05, 4.69) is 17.1 Å². The number of carbonyl (C=O) groups excluding carboxylic acids is 1. The van der Waals surface area contributed by atoms with Crippen LogP contribution in [0.4, 0.5) is 0 Å². The average Bonchev–Trinajstić information content (AvgIpc) is 2.48. The third kappa shape index (κ3) is 4.72. The molecule has 2 aliphatic rings. The van der Waals surface area contributed by atoms with E-state index >= 15 is 0 Å². The van der Waals surface area contributed by atoms with Crippen molar-refractivity contribution in [3.05, 3.63) is 0 Å². The molecule has 0 spiro atoms. The number of hydrogen-bond acceptors (Lipinski definition) is 4. The number of carbonyl (C=O) groups is 1. The van der Waals surface area contributed by atoms with Crippen molar-refractivity contribution in [2.24, 2.45) is 17.6 Å². The SMILES string of the molecule is CC(CN1CCOCC1)NC(=O)C1CCC(CN)CC1. The molecule has 5 nitrogen and oxygen atoms in total. The molecule has 3 N–H and O–H groups in total. The summed E-state index contributed by atoms with van der Waals surface area (Å²) in [6, 6.07) is 0.216. The van der Waals surface area contributed by atoms with E-state index in [-0.39, 0.29) is 17.9 Å². The highest BCUT2D eigenvalue weighted by molar-refractivity contribution is 5.79. The fourth-order valence-corrected chi connectivity index (χ4v) is 3.24. The van der Waals surface area contributed by atoms with Gasteiger partial charge in [0.15, 0.2) is 0 Å². The van der Waals surface area contributed by atoms with Crippen molar-refractivity contribution in [2.45, 2.75) is 38.6 Å². The Morgan fingerprint density at radius 2 is 1.95 bits per heavy atom. The molecule has 2 rings (SSSR count). The number of nitrogens with one attached hydrogen (secondary N) is 1. The molecule has 1 heterocycles. The molecule has 1 saturated heterocycles. The second-order valence-corrected chi connectivity index (χ2v) is 6.28. The monoisotopic (exact) mass is 283 g/mol. The summed E-state index contributed by atoms with van der Waals surface area (Å²) in [6.45, 7) is 7.35. The Labute approximate surface area is 122 Å². The van der Waals surface area contributed by atoms with Gasteiger partial charge in [0.05, 0.1) is 13.2 Å². The normalized spacial score (nSPS) is 29.9. The van der Waals surface area contributed by atoms with Crippen molar-refractivity contribution in [3.63, 3.8) is 0 Å². The van der Waals surface area contributed by atoms with Crippen LogP contribution in [-0.4, -0.2) is 56.2 Å². The number of morpholine rings is 1. The molecule has 20 heavy (non-hydrogen) atoms. The zero-order valence-electron chi connectivity index (χ0n) is 12.6. The van der Waals surface area contributed by atoms with Gasteiger partial charge in [-0.2, -0.15) is 0 Å². The van der Waals surface area contributed by atoms with Crippen LogP contribution >= 0.6 is 0 Å². The van der Waals surface area contributed by atoms with Gasteiger partial charge in [0.2, 0.25) is 5.91 Å². The number of nitrogens with two attached hydrogens (primary N) is 1. The Morgan fingerprint density at radius 1 is 1.30 bits per heavy atom. The number of amides is 1. The van der Waals surface area contributed by atoms with Crippen LogP contribution in [0.3, 0.4) is 0 Å². The Bertz CT molecular complexity index is 297. The molecule has 0 aromatic carbocycles. The van der Waals surface area contributed by atoms with Gasteiger partial charge in [-0.25, -0.2) is 0 Å². The van der Waals surface area contributed by atoms with Crippen LogP contribution in [0, 0.1) is 11.8 Å². The van der Waals surface area contributed by atoms with Crippen LogP contribution in [0.1, 0.15) is 32.6 Å². The van der Waals surface area contributed by atoms with E-state index in [4.69, 9.17) is 10.5 Å². The van der Waals surface area contributed by atoms with E-state index in [0.29, 0.717) is 5.92 Å². The summed E-state index contributed by atoms with van der Waals surface area (Å²) in [5, 5.41) is 3.18. The number of ether oxygens (including phenoxy) is 1. The fourth-order valence-electron chi connectivity index (χ4n) is 3.24. The van der Waals surface area contributed by atoms with Crippen molar-refractivity contribution in [1.82, 2.24) is 10.2 Å². The highest BCUT2D eigenvalue weighted by Crippen LogP contribution is 2.28. The predicted octanol–water partition coefficient (Wildman–Crippen LogP) is 0.588. The summed E-state index contributed by atoms with van der Waals surface area (Å²) in [6.07, 6.45) is 4.20. The zero-order chi connectivity index (χ0) is 14.4. The Balaban J connectivity index is 1.68. The molecule has 0 aromatic heterocycles. The first kappa shape index (κ1) is 15.7. The Morgan fingerprint density at radius 3 is 2.55 bits per heavy atom. The smallest absolute Gasteiger partial charge is 0.223 e. The molecule has 1 amide bonds. The van der Waals surface area contributed by atoms with E-state index in [0.717, 1.165) is 65.1 Å². The largest absolute Gasteiger partial charge is 0.379 e. The molecular weight excluding hydrogens is 254 g/mol. The average molecular weight is 283 g/mol. The molecule has 1 unspecified atom stereocenters. The summed E-state index contributed by atoms with van der Waals surface area (Å²) in [7, 11) is 0. The van der Waals surface area contributed by atoms with E-state index in [1.807, 2.05) is 0 Å². The van der Waals surface area contributed by atoms with Gasteiger partial charge < -0.3 is 15.8 Å². The summed E-state index contributed by atoms with van der Waals surface area (Å²) in [5.41, 5.74) is 5.69. The molecule has 0 bridgehead atoms. The van der Waals surface area contributed by atoms with Crippen molar-refractivity contribution < 1.29 is 9.53 Å². The number of rotatable bonds is 5. The first-order chi connectivity index (χ1) is 9.69. The Kier molecular flexibility index (Phi) is 6.26. The van der Waals surface area contributed by atoms with E-state index in [9.17, 15) is 4.79 Å². The van der Waals surface area contributed by atoms with E-state index < -0.39 is 0 Å². The summed E-state index contributed by atoms with van der Waals surface area (Å²) >= 11 is 0. The first-order valence-corrected chi connectivity index (χ1v) is 7.99. The maximum absolute atomic E-state index is 12.3. The van der Waals surface area contributed by atoms with Crippen molar-refractivity contribution in [2.75, 3.05) is 39.4 Å². The van der Waals surface area contributed by atoms with Gasteiger partial charge in [0.25, 0.3) is 0 Å². The number of nitrogens with zero attached hydrogens (tertiary/aromatic N) is 1. The van der Waals surface area contributed by atoms with Crippen molar-refractivity contribution in [3.8, 4) is 0 Å². The third-order valence-electron chi connectivity index (χ3n) is 4.58. The standard InChI is InChI=1S/C15H29N3O2/c1-12(11-18-6-8-20-9-7-18)17-15(19)14-4-2-13(10-16)3-5-14/h12-14H,2-11,16H2,1H3,(H,17,19). The lowest BCUT2D eigenvalue weighted by atomic mass is 9.81. The summed E-state index contributed by atoms with van der Waals surface area (Å²) < 4.78 is 5.34. The molecule has 1 aliphatic heterocycles. The van der Waals surface area contributed by atoms with Crippen LogP contribution in [0.15, 0.2) is 0 Å². The van der Waals surface area contributed by atoms with Crippen molar-refractivity contribution >= 4 is 5.91 Å². The lowest BCUT2D eigenvalue weighted by molar-refractivity contribution is -0.127. The fraction of sp³-hybridized carbons (Fsp3) is 0.933. The lowest BCUT2D eigenvalue weighted by Crippen LogP contribution is -2.47. The quantitative estimate of drug-likeness (QED) is 0.775. The summed E-state index contributed by atoms with van der Waals surface area (Å²) in [4.78, 5) is 14.6. The van der Waals surface area contributed by atoms with Gasteiger partial charge in [-0.3, -0.25) is 9.69 Å². The van der Waals surface area contributed by atoms with Gasteiger partial charge in [-0.15, -0.1) is 0 Å². The molecule has 1 saturated carbocycles. The highest BCUT2D eigenvalue weighted by Gasteiger charge is 2.26. The third-order valence-corrected chi connectivity index (χ3v) is 4.58. The van der Waals surface area contributed by atoms with Gasteiger partial charge in [-0.05, 0) is 45.1 Å². The van der Waals surface area contributed by atoms with E-state index in [1.54, 1.807) is 0 Å². The molecule has 1 atom stereocenters.